The molecule has 1 saturated heterocycles. The number of benzene rings is 3. The van der Waals surface area contributed by atoms with Gasteiger partial charge in [0, 0.05) is 25.4 Å². The minimum Gasteiger partial charge on any atom is -0.490 e. The van der Waals surface area contributed by atoms with Crippen LogP contribution >= 0.6 is 11.6 Å². The predicted octanol–water partition coefficient (Wildman–Crippen LogP) is 5.42. The van der Waals surface area contributed by atoms with Gasteiger partial charge in [-0.3, -0.25) is 4.79 Å². The van der Waals surface area contributed by atoms with Crippen molar-refractivity contribution in [2.24, 2.45) is 0 Å². The summed E-state index contributed by atoms with van der Waals surface area (Å²) in [6.45, 7) is 2.05. The number of amides is 1. The van der Waals surface area contributed by atoms with Crippen LogP contribution in [0.5, 0.6) is 5.75 Å². The van der Waals surface area contributed by atoms with Crippen molar-refractivity contribution in [3.8, 4) is 5.75 Å². The number of nitrogens with zero attached hydrogens (tertiary/aromatic N) is 3. The third-order valence-corrected chi connectivity index (χ3v) is 6.27. The first-order chi connectivity index (χ1) is 16.1. The van der Waals surface area contributed by atoms with E-state index >= 15 is 0 Å². The molecular formula is C26H23ClFN3O2. The first kappa shape index (κ1) is 21.5. The van der Waals surface area contributed by atoms with Gasteiger partial charge in [0.2, 0.25) is 5.91 Å². The van der Waals surface area contributed by atoms with Gasteiger partial charge >= 0.3 is 0 Å². The Labute approximate surface area is 196 Å². The normalized spacial score (nSPS) is 16.0. The third-order valence-electron chi connectivity index (χ3n) is 5.96. The van der Waals surface area contributed by atoms with E-state index in [-0.39, 0.29) is 17.6 Å². The van der Waals surface area contributed by atoms with E-state index in [4.69, 9.17) is 21.3 Å². The number of fused-ring (bicyclic) bond motifs is 1. The Morgan fingerprint density at radius 2 is 1.79 bits per heavy atom. The molecule has 5 nitrogen and oxygen atoms in total. The summed E-state index contributed by atoms with van der Waals surface area (Å²) >= 11 is 6.21. The SMILES string of the molecule is O=C1C[C@@H](c2nc3ccccc3n2CCOc2ccccc2Cl)CN1Cc1ccc(F)cc1. The van der Waals surface area contributed by atoms with Gasteiger partial charge in [0.15, 0.2) is 0 Å². The smallest absolute Gasteiger partial charge is 0.223 e. The lowest BCUT2D eigenvalue weighted by atomic mass is 10.1. The first-order valence-corrected chi connectivity index (χ1v) is 11.3. The highest BCUT2D eigenvalue weighted by Gasteiger charge is 2.34. The molecule has 2 heterocycles. The van der Waals surface area contributed by atoms with Crippen LogP contribution in [0.3, 0.4) is 0 Å². The molecule has 1 aliphatic rings. The fourth-order valence-corrected chi connectivity index (χ4v) is 4.55. The Hall–Kier alpha value is -3.38. The van der Waals surface area contributed by atoms with Crippen LogP contribution in [-0.4, -0.2) is 33.5 Å². The fourth-order valence-electron chi connectivity index (χ4n) is 4.36. The highest BCUT2D eigenvalue weighted by atomic mass is 35.5. The van der Waals surface area contributed by atoms with Crippen LogP contribution in [0.15, 0.2) is 72.8 Å². The molecule has 1 aromatic heterocycles. The molecule has 1 amide bonds. The van der Waals surface area contributed by atoms with Gasteiger partial charge in [-0.15, -0.1) is 0 Å². The van der Waals surface area contributed by atoms with Gasteiger partial charge in [-0.1, -0.05) is 48.0 Å². The van der Waals surface area contributed by atoms with Crippen LogP contribution in [0.1, 0.15) is 23.7 Å². The second-order valence-electron chi connectivity index (χ2n) is 8.19. The van der Waals surface area contributed by atoms with Gasteiger partial charge in [-0.05, 0) is 42.0 Å². The zero-order valence-corrected chi connectivity index (χ0v) is 18.7. The molecule has 33 heavy (non-hydrogen) atoms. The minimum absolute atomic E-state index is 0.0225. The number of aromatic nitrogens is 2. The summed E-state index contributed by atoms with van der Waals surface area (Å²) < 4.78 is 21.3. The average molecular weight is 464 g/mol. The number of carbonyl (C=O) groups is 1. The molecule has 7 heteroatoms. The molecule has 4 aromatic rings. The van der Waals surface area contributed by atoms with Gasteiger partial charge in [-0.2, -0.15) is 0 Å². The molecular weight excluding hydrogens is 441 g/mol. The summed E-state index contributed by atoms with van der Waals surface area (Å²) in [5.41, 5.74) is 2.82. The topological polar surface area (TPSA) is 47.4 Å². The summed E-state index contributed by atoms with van der Waals surface area (Å²) in [5.74, 6) is 1.30. The largest absolute Gasteiger partial charge is 0.490 e. The van der Waals surface area contributed by atoms with Crippen molar-refractivity contribution in [2.45, 2.75) is 25.4 Å². The summed E-state index contributed by atoms with van der Waals surface area (Å²) in [4.78, 5) is 19.5. The zero-order chi connectivity index (χ0) is 22.8. The van der Waals surface area contributed by atoms with Gasteiger partial charge < -0.3 is 14.2 Å². The lowest BCUT2D eigenvalue weighted by molar-refractivity contribution is -0.128. The molecule has 0 unspecified atom stereocenters. The molecule has 0 radical (unpaired) electrons. The molecule has 168 valence electrons. The highest BCUT2D eigenvalue weighted by molar-refractivity contribution is 6.32. The number of hydrogen-bond donors (Lipinski definition) is 0. The van der Waals surface area contributed by atoms with E-state index in [1.807, 2.05) is 47.4 Å². The quantitative estimate of drug-likeness (QED) is 0.367. The molecule has 5 rings (SSSR count). The Bertz CT molecular complexity index is 1290. The number of carbonyl (C=O) groups excluding carboxylic acids is 1. The van der Waals surface area contributed by atoms with Gasteiger partial charge in [0.25, 0.3) is 0 Å². The fraction of sp³-hybridized carbons (Fsp3) is 0.231. The standard InChI is InChI=1S/C26H23ClFN3O2/c27-21-5-1-4-8-24(21)33-14-13-31-23-7-3-2-6-22(23)29-26(31)19-15-25(32)30(17-19)16-18-9-11-20(28)12-10-18/h1-12,19H,13-17H2/t19-/m1/s1. The molecule has 0 spiro atoms. The Kier molecular flexibility index (Phi) is 6.01. The Morgan fingerprint density at radius 1 is 1.03 bits per heavy atom. The second-order valence-corrected chi connectivity index (χ2v) is 8.60. The monoisotopic (exact) mass is 463 g/mol. The van der Waals surface area contributed by atoms with Gasteiger partial charge in [-0.25, -0.2) is 9.37 Å². The van der Waals surface area contributed by atoms with Crippen LogP contribution in [0.2, 0.25) is 5.02 Å². The third kappa shape index (κ3) is 4.57. The van der Waals surface area contributed by atoms with Crippen LogP contribution in [-0.2, 0) is 17.9 Å². The molecule has 0 N–H and O–H groups in total. The van der Waals surface area contributed by atoms with Crippen molar-refractivity contribution in [3.05, 3.63) is 95.0 Å². The second kappa shape index (κ2) is 9.24. The van der Waals surface area contributed by atoms with Crippen LogP contribution in [0.4, 0.5) is 4.39 Å². The maximum atomic E-state index is 13.2. The van der Waals surface area contributed by atoms with E-state index in [0.717, 1.165) is 22.4 Å². The van der Waals surface area contributed by atoms with Crippen LogP contribution < -0.4 is 4.74 Å². The molecule has 1 aliphatic heterocycles. The number of imidazole rings is 1. The van der Waals surface area contributed by atoms with Crippen molar-refractivity contribution in [1.29, 1.82) is 0 Å². The zero-order valence-electron chi connectivity index (χ0n) is 18.0. The Balaban J connectivity index is 1.36. The number of rotatable bonds is 7. The van der Waals surface area contributed by atoms with E-state index in [1.54, 1.807) is 18.2 Å². The van der Waals surface area contributed by atoms with Crippen molar-refractivity contribution in [1.82, 2.24) is 14.5 Å². The van der Waals surface area contributed by atoms with E-state index in [2.05, 4.69) is 4.57 Å². The van der Waals surface area contributed by atoms with Crippen molar-refractivity contribution < 1.29 is 13.9 Å². The predicted molar refractivity (Wildman–Crippen MR) is 126 cm³/mol. The van der Waals surface area contributed by atoms with E-state index in [1.165, 1.54) is 12.1 Å². The number of halogens is 2. The van der Waals surface area contributed by atoms with Gasteiger partial charge in [0.1, 0.15) is 24.0 Å². The molecule has 1 atom stereocenters. The molecule has 0 aliphatic carbocycles. The number of para-hydroxylation sites is 3. The average Bonchev–Trinajstić information content (AvgIpc) is 3.37. The minimum atomic E-state index is -0.280. The molecule has 0 saturated carbocycles. The maximum absolute atomic E-state index is 13.2. The first-order valence-electron chi connectivity index (χ1n) is 10.9. The van der Waals surface area contributed by atoms with Crippen molar-refractivity contribution in [3.63, 3.8) is 0 Å². The van der Waals surface area contributed by atoms with E-state index in [0.29, 0.717) is 43.4 Å². The molecule has 3 aromatic carbocycles. The van der Waals surface area contributed by atoms with E-state index < -0.39 is 0 Å². The lowest BCUT2D eigenvalue weighted by Gasteiger charge is -2.18. The summed E-state index contributed by atoms with van der Waals surface area (Å²) in [7, 11) is 0. The van der Waals surface area contributed by atoms with Crippen LogP contribution in [0, 0.1) is 5.82 Å². The number of likely N-dealkylation sites (tertiary alicyclic amines) is 1. The summed E-state index contributed by atoms with van der Waals surface area (Å²) in [6.07, 6.45) is 0.399. The van der Waals surface area contributed by atoms with Crippen LogP contribution in [0.25, 0.3) is 11.0 Å². The number of hydrogen-bond acceptors (Lipinski definition) is 3. The van der Waals surface area contributed by atoms with Crippen molar-refractivity contribution >= 4 is 28.5 Å². The van der Waals surface area contributed by atoms with Gasteiger partial charge in [0.05, 0.1) is 22.6 Å². The lowest BCUT2D eigenvalue weighted by Crippen LogP contribution is -2.24. The number of ether oxygens (including phenoxy) is 1. The highest BCUT2D eigenvalue weighted by Crippen LogP contribution is 2.31. The maximum Gasteiger partial charge on any atom is 0.223 e. The Morgan fingerprint density at radius 3 is 2.61 bits per heavy atom. The van der Waals surface area contributed by atoms with Crippen molar-refractivity contribution in [2.75, 3.05) is 13.2 Å². The van der Waals surface area contributed by atoms with E-state index in [9.17, 15) is 9.18 Å². The molecule has 0 bridgehead atoms. The summed E-state index contributed by atoms with van der Waals surface area (Å²) in [5, 5.41) is 0.575. The molecule has 1 fully saturated rings. The summed E-state index contributed by atoms with van der Waals surface area (Å²) in [6, 6.07) is 21.7.